The molecule has 0 aliphatic heterocycles. The van der Waals surface area contributed by atoms with Gasteiger partial charge >= 0.3 is 6.18 Å². The van der Waals surface area contributed by atoms with Crippen LogP contribution in [0.1, 0.15) is 32.3 Å². The van der Waals surface area contributed by atoms with Crippen LogP contribution in [-0.4, -0.2) is 18.5 Å². The number of carbonyl (C=O) groups excluding carboxylic acids is 1. The molecular formula is C14H18F4N2O. The van der Waals surface area contributed by atoms with Crippen LogP contribution in [0.4, 0.5) is 23.2 Å². The molecule has 1 atom stereocenters. The highest BCUT2D eigenvalue weighted by atomic mass is 19.4. The minimum Gasteiger partial charge on any atom is -0.376 e. The summed E-state index contributed by atoms with van der Waals surface area (Å²) in [5.41, 5.74) is -1.31. The molecule has 0 radical (unpaired) electrons. The van der Waals surface area contributed by atoms with Crippen molar-refractivity contribution >= 4 is 11.6 Å². The van der Waals surface area contributed by atoms with Crippen molar-refractivity contribution in [2.45, 2.75) is 38.9 Å². The predicted molar refractivity (Wildman–Crippen MR) is 72.4 cm³/mol. The van der Waals surface area contributed by atoms with Crippen molar-refractivity contribution in [2.24, 2.45) is 0 Å². The Hall–Kier alpha value is -1.79. The van der Waals surface area contributed by atoms with Crippen molar-refractivity contribution in [3.05, 3.63) is 29.6 Å². The van der Waals surface area contributed by atoms with E-state index in [0.717, 1.165) is 25.0 Å². The third kappa shape index (κ3) is 5.61. The van der Waals surface area contributed by atoms with E-state index in [1.54, 1.807) is 0 Å². The lowest BCUT2D eigenvalue weighted by atomic mass is 10.1. The van der Waals surface area contributed by atoms with Gasteiger partial charge in [0.25, 0.3) is 0 Å². The summed E-state index contributed by atoms with van der Waals surface area (Å²) < 4.78 is 50.7. The van der Waals surface area contributed by atoms with Crippen molar-refractivity contribution < 1.29 is 22.4 Å². The molecular weight excluding hydrogens is 288 g/mol. The minimum atomic E-state index is -4.76. The van der Waals surface area contributed by atoms with Crippen LogP contribution in [0.5, 0.6) is 0 Å². The number of halogens is 4. The van der Waals surface area contributed by atoms with Gasteiger partial charge in [-0.2, -0.15) is 13.2 Å². The van der Waals surface area contributed by atoms with Crippen molar-refractivity contribution in [2.75, 3.05) is 11.9 Å². The van der Waals surface area contributed by atoms with E-state index in [1.165, 1.54) is 0 Å². The lowest BCUT2D eigenvalue weighted by molar-refractivity contribution is -0.139. The molecule has 1 amide bonds. The van der Waals surface area contributed by atoms with E-state index in [2.05, 4.69) is 10.6 Å². The lowest BCUT2D eigenvalue weighted by Crippen LogP contribution is -2.36. The minimum absolute atomic E-state index is 0.00301. The van der Waals surface area contributed by atoms with Crippen LogP contribution in [0.25, 0.3) is 0 Å². The van der Waals surface area contributed by atoms with Crippen LogP contribution >= 0.6 is 0 Å². The zero-order chi connectivity index (χ0) is 16.0. The van der Waals surface area contributed by atoms with E-state index in [1.807, 2.05) is 13.8 Å². The van der Waals surface area contributed by atoms with Gasteiger partial charge in [-0.15, -0.1) is 0 Å². The van der Waals surface area contributed by atoms with Crippen molar-refractivity contribution in [3.8, 4) is 0 Å². The van der Waals surface area contributed by atoms with Crippen LogP contribution in [0.15, 0.2) is 18.2 Å². The Morgan fingerprint density at radius 1 is 1.33 bits per heavy atom. The maximum atomic E-state index is 13.1. The van der Waals surface area contributed by atoms with Gasteiger partial charge < -0.3 is 10.6 Å². The first-order valence-corrected chi connectivity index (χ1v) is 6.64. The van der Waals surface area contributed by atoms with Gasteiger partial charge in [0.1, 0.15) is 5.82 Å². The molecule has 2 N–H and O–H groups in total. The summed E-state index contributed by atoms with van der Waals surface area (Å²) in [5, 5.41) is 5.26. The molecule has 0 saturated heterocycles. The largest absolute Gasteiger partial charge is 0.419 e. The smallest absolute Gasteiger partial charge is 0.376 e. The van der Waals surface area contributed by atoms with E-state index < -0.39 is 17.6 Å². The molecule has 0 aromatic heterocycles. The predicted octanol–water partition coefficient (Wildman–Crippen LogP) is 3.56. The van der Waals surface area contributed by atoms with E-state index in [0.29, 0.717) is 6.07 Å². The summed E-state index contributed by atoms with van der Waals surface area (Å²) in [6.07, 6.45) is -3.03. The molecule has 0 aliphatic carbocycles. The number of alkyl halides is 3. The van der Waals surface area contributed by atoms with Gasteiger partial charge in [0.05, 0.1) is 12.1 Å². The summed E-state index contributed by atoms with van der Waals surface area (Å²) in [6, 6.07) is 2.54. The molecule has 0 fully saturated rings. The number of rotatable bonds is 6. The lowest BCUT2D eigenvalue weighted by Gasteiger charge is -2.14. The van der Waals surface area contributed by atoms with E-state index >= 15 is 0 Å². The van der Waals surface area contributed by atoms with Gasteiger partial charge in [0.2, 0.25) is 5.91 Å². The van der Waals surface area contributed by atoms with Crippen LogP contribution in [0.3, 0.4) is 0 Å². The van der Waals surface area contributed by atoms with Crippen LogP contribution in [0, 0.1) is 5.82 Å². The number of benzene rings is 1. The molecule has 0 heterocycles. The van der Waals surface area contributed by atoms with Crippen LogP contribution in [-0.2, 0) is 11.0 Å². The quantitative estimate of drug-likeness (QED) is 0.789. The zero-order valence-electron chi connectivity index (χ0n) is 11.9. The van der Waals surface area contributed by atoms with Gasteiger partial charge in [-0.25, -0.2) is 4.39 Å². The molecule has 0 spiro atoms. The number of amides is 1. The molecule has 3 nitrogen and oxygen atoms in total. The number of anilines is 1. The molecule has 118 valence electrons. The molecule has 1 aromatic rings. The van der Waals surface area contributed by atoms with E-state index in [9.17, 15) is 22.4 Å². The second-order valence-electron chi connectivity index (χ2n) is 4.80. The van der Waals surface area contributed by atoms with E-state index in [4.69, 9.17) is 0 Å². The Morgan fingerprint density at radius 2 is 2.00 bits per heavy atom. The highest BCUT2D eigenvalue weighted by molar-refractivity contribution is 5.80. The molecule has 1 rings (SSSR count). The van der Waals surface area contributed by atoms with Gasteiger partial charge in [0, 0.05) is 11.7 Å². The second kappa shape index (κ2) is 7.28. The normalized spacial score (nSPS) is 12.9. The molecule has 0 bridgehead atoms. The highest BCUT2D eigenvalue weighted by Gasteiger charge is 2.34. The highest BCUT2D eigenvalue weighted by Crippen LogP contribution is 2.32. The monoisotopic (exact) mass is 306 g/mol. The standard InChI is InChI=1S/C14H18F4N2O/c1-3-4-9(2)20-13(21)8-19-10-5-6-12(15)11(7-10)14(16,17)18/h5-7,9,19H,3-4,8H2,1-2H3,(H,20,21). The summed E-state index contributed by atoms with van der Waals surface area (Å²) in [6.45, 7) is 3.66. The Bertz CT molecular complexity index is 488. The number of nitrogens with one attached hydrogen (secondary N) is 2. The summed E-state index contributed by atoms with van der Waals surface area (Å²) in [4.78, 5) is 11.6. The SMILES string of the molecule is CCCC(C)NC(=O)CNc1ccc(F)c(C(F)(F)F)c1. The van der Waals surface area contributed by atoms with E-state index in [-0.39, 0.29) is 24.2 Å². The van der Waals surface area contributed by atoms with Crippen molar-refractivity contribution in [1.82, 2.24) is 5.32 Å². The third-order valence-electron chi connectivity index (χ3n) is 2.85. The Labute approximate surface area is 120 Å². The van der Waals surface area contributed by atoms with Gasteiger partial charge in [-0.3, -0.25) is 4.79 Å². The van der Waals surface area contributed by atoms with Crippen molar-refractivity contribution in [1.29, 1.82) is 0 Å². The van der Waals surface area contributed by atoms with Crippen molar-refractivity contribution in [3.63, 3.8) is 0 Å². The molecule has 0 aliphatic rings. The average molecular weight is 306 g/mol. The maximum Gasteiger partial charge on any atom is 0.419 e. The van der Waals surface area contributed by atoms with Crippen LogP contribution in [0.2, 0.25) is 0 Å². The summed E-state index contributed by atoms with van der Waals surface area (Å²) >= 11 is 0. The van der Waals surface area contributed by atoms with Gasteiger partial charge in [0.15, 0.2) is 0 Å². The topological polar surface area (TPSA) is 41.1 Å². The Balaban J connectivity index is 2.62. The first-order chi connectivity index (χ1) is 9.74. The molecule has 7 heteroatoms. The molecule has 21 heavy (non-hydrogen) atoms. The maximum absolute atomic E-state index is 13.1. The molecule has 1 aromatic carbocycles. The van der Waals surface area contributed by atoms with Crippen LogP contribution < -0.4 is 10.6 Å². The summed E-state index contributed by atoms with van der Waals surface area (Å²) in [5.74, 6) is -1.66. The Morgan fingerprint density at radius 3 is 2.57 bits per heavy atom. The number of hydrogen-bond donors (Lipinski definition) is 2. The number of hydrogen-bond acceptors (Lipinski definition) is 2. The first kappa shape index (κ1) is 17.3. The number of carbonyl (C=O) groups is 1. The average Bonchev–Trinajstić information content (AvgIpc) is 2.36. The fraction of sp³-hybridized carbons (Fsp3) is 0.500. The Kier molecular flexibility index (Phi) is 5.99. The second-order valence-corrected chi connectivity index (χ2v) is 4.80. The van der Waals surface area contributed by atoms with Gasteiger partial charge in [-0.1, -0.05) is 13.3 Å². The molecule has 0 saturated carbocycles. The fourth-order valence-electron chi connectivity index (χ4n) is 1.87. The summed E-state index contributed by atoms with van der Waals surface area (Å²) in [7, 11) is 0. The molecule has 1 unspecified atom stereocenters. The van der Waals surface area contributed by atoms with Gasteiger partial charge in [-0.05, 0) is 31.5 Å². The first-order valence-electron chi connectivity index (χ1n) is 6.64. The fourth-order valence-corrected chi connectivity index (χ4v) is 1.87. The zero-order valence-corrected chi connectivity index (χ0v) is 11.9. The third-order valence-corrected chi connectivity index (χ3v) is 2.85.